The fourth-order valence-corrected chi connectivity index (χ4v) is 4.25. The van der Waals surface area contributed by atoms with Crippen LogP contribution in [0, 0.1) is 29.1 Å². The molecule has 0 saturated heterocycles. The Balaban J connectivity index is 1.60. The molecule has 0 radical (unpaired) electrons. The number of hydrogen-bond acceptors (Lipinski definition) is 3. The largest absolute Gasteiger partial charge is 0.457 e. The number of allylic oxidation sites excluding steroid dienone is 1. The predicted molar refractivity (Wildman–Crippen MR) is 136 cm³/mol. The SMILES string of the molecule is CC1(C)C(C=C(Cl)Cl)C1C(=O)OC(C#Cc1ccccc1)c1cccc(Oc2ccccc2)c1. The molecule has 3 aromatic rings. The molecular formula is C29H24Cl2O3. The van der Waals surface area contributed by atoms with Crippen molar-refractivity contribution in [1.29, 1.82) is 0 Å². The average molecular weight is 491 g/mol. The van der Waals surface area contributed by atoms with Crippen LogP contribution in [-0.4, -0.2) is 5.97 Å². The van der Waals surface area contributed by atoms with Crippen molar-refractivity contribution in [2.45, 2.75) is 20.0 Å². The third-order valence-corrected chi connectivity index (χ3v) is 6.22. The van der Waals surface area contributed by atoms with Crippen molar-refractivity contribution >= 4 is 29.2 Å². The van der Waals surface area contributed by atoms with E-state index in [1.165, 1.54) is 0 Å². The second-order valence-corrected chi connectivity index (χ2v) is 9.73. The quantitative estimate of drug-likeness (QED) is 0.262. The van der Waals surface area contributed by atoms with Gasteiger partial charge in [0.1, 0.15) is 16.0 Å². The number of carbonyl (C=O) groups excluding carboxylic acids is 1. The molecule has 0 aliphatic heterocycles. The smallest absolute Gasteiger partial charge is 0.311 e. The van der Waals surface area contributed by atoms with Crippen LogP contribution in [0.15, 0.2) is 95.5 Å². The first kappa shape index (κ1) is 24.0. The lowest BCUT2D eigenvalue weighted by Gasteiger charge is -2.15. The fourth-order valence-electron chi connectivity index (χ4n) is 3.98. The summed E-state index contributed by atoms with van der Waals surface area (Å²) in [4.78, 5) is 13.1. The van der Waals surface area contributed by atoms with Crippen molar-refractivity contribution in [2.75, 3.05) is 0 Å². The molecule has 0 bridgehead atoms. The Bertz CT molecular complexity index is 1240. The minimum Gasteiger partial charge on any atom is -0.457 e. The van der Waals surface area contributed by atoms with Gasteiger partial charge in [0.25, 0.3) is 0 Å². The van der Waals surface area contributed by atoms with Crippen LogP contribution < -0.4 is 4.74 Å². The Labute approximate surface area is 210 Å². The molecule has 0 heterocycles. The number of benzene rings is 3. The highest BCUT2D eigenvalue weighted by Crippen LogP contribution is 2.60. The fraction of sp³-hybridized carbons (Fsp3) is 0.207. The second-order valence-electron chi connectivity index (χ2n) is 8.72. The average Bonchev–Trinajstić information content (AvgIpc) is 3.36. The van der Waals surface area contributed by atoms with E-state index >= 15 is 0 Å². The summed E-state index contributed by atoms with van der Waals surface area (Å²) in [7, 11) is 0. The summed E-state index contributed by atoms with van der Waals surface area (Å²) >= 11 is 11.7. The Kier molecular flexibility index (Phi) is 7.32. The van der Waals surface area contributed by atoms with Gasteiger partial charge in [-0.2, -0.15) is 0 Å². The van der Waals surface area contributed by atoms with Crippen LogP contribution in [0.5, 0.6) is 11.5 Å². The van der Waals surface area contributed by atoms with Crippen LogP contribution in [0.25, 0.3) is 0 Å². The molecule has 5 heteroatoms. The molecule has 1 aliphatic rings. The van der Waals surface area contributed by atoms with Crippen LogP contribution >= 0.6 is 23.2 Å². The Morgan fingerprint density at radius 1 is 0.941 bits per heavy atom. The van der Waals surface area contributed by atoms with Crippen LogP contribution in [-0.2, 0) is 9.53 Å². The summed E-state index contributed by atoms with van der Waals surface area (Å²) in [6.45, 7) is 3.99. The molecule has 1 saturated carbocycles. The first-order valence-corrected chi connectivity index (χ1v) is 11.7. The zero-order valence-corrected chi connectivity index (χ0v) is 20.4. The summed E-state index contributed by atoms with van der Waals surface area (Å²) in [6.07, 6.45) is 0.938. The number of hydrogen-bond donors (Lipinski definition) is 0. The number of ether oxygens (including phenoxy) is 2. The van der Waals surface area contributed by atoms with Crippen LogP contribution in [0.2, 0.25) is 0 Å². The number of esters is 1. The lowest BCUT2D eigenvalue weighted by atomic mass is 10.1. The molecule has 0 aromatic heterocycles. The van der Waals surface area contributed by atoms with Gasteiger partial charge in [0.05, 0.1) is 5.92 Å². The molecule has 4 rings (SSSR count). The van der Waals surface area contributed by atoms with E-state index in [4.69, 9.17) is 32.7 Å². The van der Waals surface area contributed by atoms with Gasteiger partial charge in [-0.05, 0) is 59.7 Å². The first-order chi connectivity index (χ1) is 16.3. The van der Waals surface area contributed by atoms with Gasteiger partial charge in [0, 0.05) is 11.1 Å². The zero-order valence-electron chi connectivity index (χ0n) is 18.9. The molecule has 3 aromatic carbocycles. The van der Waals surface area contributed by atoms with Crippen molar-refractivity contribution in [3.63, 3.8) is 0 Å². The third kappa shape index (κ3) is 5.83. The van der Waals surface area contributed by atoms with Gasteiger partial charge < -0.3 is 9.47 Å². The van der Waals surface area contributed by atoms with Gasteiger partial charge in [-0.25, -0.2) is 0 Å². The van der Waals surface area contributed by atoms with Crippen molar-refractivity contribution in [3.8, 4) is 23.3 Å². The van der Waals surface area contributed by atoms with Crippen LogP contribution in [0.1, 0.15) is 31.1 Å². The van der Waals surface area contributed by atoms with Gasteiger partial charge in [-0.1, -0.05) is 91.5 Å². The van der Waals surface area contributed by atoms with Gasteiger partial charge in [0.2, 0.25) is 0 Å². The summed E-state index contributed by atoms with van der Waals surface area (Å²) < 4.78 is 12.1. The molecule has 172 valence electrons. The monoisotopic (exact) mass is 490 g/mol. The molecule has 34 heavy (non-hydrogen) atoms. The minimum atomic E-state index is -0.764. The maximum absolute atomic E-state index is 13.1. The molecule has 1 aliphatic carbocycles. The maximum atomic E-state index is 13.1. The highest BCUT2D eigenvalue weighted by atomic mass is 35.5. The minimum absolute atomic E-state index is 0.0829. The van der Waals surface area contributed by atoms with E-state index in [1.807, 2.05) is 98.8 Å². The number of carbonyl (C=O) groups is 1. The Morgan fingerprint density at radius 2 is 1.59 bits per heavy atom. The highest BCUT2D eigenvalue weighted by Gasteiger charge is 2.61. The van der Waals surface area contributed by atoms with Crippen molar-refractivity contribution in [3.05, 3.63) is 107 Å². The van der Waals surface area contributed by atoms with E-state index in [-0.39, 0.29) is 27.7 Å². The van der Waals surface area contributed by atoms with E-state index in [2.05, 4.69) is 11.8 Å². The molecular weight excluding hydrogens is 467 g/mol. The molecule has 0 spiro atoms. The first-order valence-electron chi connectivity index (χ1n) is 11.0. The number of rotatable bonds is 6. The van der Waals surface area contributed by atoms with Gasteiger partial charge >= 0.3 is 5.97 Å². The molecule has 3 unspecified atom stereocenters. The van der Waals surface area contributed by atoms with Crippen LogP contribution in [0.3, 0.4) is 0 Å². The highest BCUT2D eigenvalue weighted by molar-refractivity contribution is 6.55. The third-order valence-electron chi connectivity index (χ3n) is 5.97. The van der Waals surface area contributed by atoms with Crippen molar-refractivity contribution in [2.24, 2.45) is 17.3 Å². The van der Waals surface area contributed by atoms with Gasteiger partial charge in [0.15, 0.2) is 6.10 Å². The molecule has 3 atom stereocenters. The van der Waals surface area contributed by atoms with E-state index in [9.17, 15) is 4.79 Å². The lowest BCUT2D eigenvalue weighted by Crippen LogP contribution is -2.14. The maximum Gasteiger partial charge on any atom is 0.311 e. The zero-order chi connectivity index (χ0) is 24.1. The molecule has 1 fully saturated rings. The number of halogens is 2. The van der Waals surface area contributed by atoms with Gasteiger partial charge in [-0.15, -0.1) is 0 Å². The topological polar surface area (TPSA) is 35.5 Å². The molecule has 0 amide bonds. The Hall–Kier alpha value is -3.19. The Morgan fingerprint density at radius 3 is 2.26 bits per heavy atom. The standard InChI is InChI=1S/C29H24Cl2O3/c1-29(2)24(19-26(30)31)27(29)28(32)34-25(17-16-20-10-5-3-6-11-20)21-12-9-15-23(18-21)33-22-13-7-4-8-14-22/h3-15,18-19,24-25,27H,1-2H3. The van der Waals surface area contributed by atoms with Crippen molar-refractivity contribution < 1.29 is 14.3 Å². The lowest BCUT2D eigenvalue weighted by molar-refractivity contribution is -0.149. The summed E-state index contributed by atoms with van der Waals surface area (Å²) in [5.74, 6) is 6.84. The predicted octanol–water partition coefficient (Wildman–Crippen LogP) is 7.71. The normalized spacial score (nSPS) is 18.6. The summed E-state index contributed by atoms with van der Waals surface area (Å²) in [6, 6.07) is 26.5. The number of para-hydroxylation sites is 1. The summed E-state index contributed by atoms with van der Waals surface area (Å²) in [5, 5.41) is 0. The van der Waals surface area contributed by atoms with E-state index in [0.29, 0.717) is 5.75 Å². The van der Waals surface area contributed by atoms with E-state index in [1.54, 1.807) is 6.08 Å². The second kappa shape index (κ2) is 10.4. The summed E-state index contributed by atoms with van der Waals surface area (Å²) in [5.41, 5.74) is 1.27. The van der Waals surface area contributed by atoms with Crippen molar-refractivity contribution in [1.82, 2.24) is 0 Å². The molecule has 3 nitrogen and oxygen atoms in total. The van der Waals surface area contributed by atoms with E-state index in [0.717, 1.165) is 16.9 Å². The van der Waals surface area contributed by atoms with E-state index < -0.39 is 6.10 Å². The van der Waals surface area contributed by atoms with Crippen LogP contribution in [0.4, 0.5) is 0 Å². The molecule has 0 N–H and O–H groups in total. The van der Waals surface area contributed by atoms with Gasteiger partial charge in [-0.3, -0.25) is 4.79 Å².